The van der Waals surface area contributed by atoms with Gasteiger partial charge in [-0.15, -0.1) is 0 Å². The number of ether oxygens (including phenoxy) is 1. The molecule has 0 N–H and O–H groups in total. The second-order valence-corrected chi connectivity index (χ2v) is 8.32. The van der Waals surface area contributed by atoms with E-state index in [2.05, 4.69) is 25.1 Å². The predicted molar refractivity (Wildman–Crippen MR) is 116 cm³/mol. The SMILES string of the molecule is CCc1cccc2sc(N(C[C@@H]3CCCO3)C(=O)c3cc4ccccc4o3)nc12. The van der Waals surface area contributed by atoms with Crippen LogP contribution in [-0.4, -0.2) is 30.1 Å². The second-order valence-electron chi connectivity index (χ2n) is 7.31. The summed E-state index contributed by atoms with van der Waals surface area (Å²) in [5.41, 5.74) is 2.88. The van der Waals surface area contributed by atoms with Crippen molar-refractivity contribution < 1.29 is 13.9 Å². The summed E-state index contributed by atoms with van der Waals surface area (Å²) in [4.78, 5) is 20.1. The number of furan rings is 1. The first-order valence-electron chi connectivity index (χ1n) is 10.0. The molecule has 1 atom stereocenters. The lowest BCUT2D eigenvalue weighted by molar-refractivity contribution is 0.0896. The maximum atomic E-state index is 13.5. The van der Waals surface area contributed by atoms with Crippen molar-refractivity contribution in [2.45, 2.75) is 32.3 Å². The first-order valence-corrected chi connectivity index (χ1v) is 10.8. The summed E-state index contributed by atoms with van der Waals surface area (Å²) in [7, 11) is 0. The Bertz CT molecular complexity index is 1140. The molecule has 0 bridgehead atoms. The number of rotatable bonds is 5. The minimum absolute atomic E-state index is 0.0287. The molecule has 148 valence electrons. The number of hydrogen-bond donors (Lipinski definition) is 0. The van der Waals surface area contributed by atoms with Gasteiger partial charge in [-0.05, 0) is 43.0 Å². The van der Waals surface area contributed by atoms with Crippen molar-refractivity contribution in [3.8, 4) is 0 Å². The van der Waals surface area contributed by atoms with Crippen LogP contribution in [0.4, 0.5) is 5.13 Å². The highest BCUT2D eigenvalue weighted by molar-refractivity contribution is 7.22. The number of carbonyl (C=O) groups excluding carboxylic acids is 1. The summed E-state index contributed by atoms with van der Waals surface area (Å²) in [6, 6.07) is 15.7. The van der Waals surface area contributed by atoms with Crippen LogP contribution < -0.4 is 4.90 Å². The summed E-state index contributed by atoms with van der Waals surface area (Å²) >= 11 is 1.54. The molecule has 0 saturated carbocycles. The smallest absolute Gasteiger partial charge is 0.295 e. The number of thiazole rings is 1. The van der Waals surface area contributed by atoms with Gasteiger partial charge in [0.1, 0.15) is 5.58 Å². The first-order chi connectivity index (χ1) is 14.2. The van der Waals surface area contributed by atoms with Gasteiger partial charge in [0, 0.05) is 12.0 Å². The zero-order valence-electron chi connectivity index (χ0n) is 16.3. The van der Waals surface area contributed by atoms with E-state index in [1.807, 2.05) is 30.3 Å². The molecule has 1 saturated heterocycles. The Morgan fingerprint density at radius 3 is 2.93 bits per heavy atom. The van der Waals surface area contributed by atoms with Gasteiger partial charge >= 0.3 is 0 Å². The molecule has 5 rings (SSSR count). The molecule has 1 aliphatic rings. The number of carbonyl (C=O) groups is 1. The number of para-hydroxylation sites is 2. The highest BCUT2D eigenvalue weighted by atomic mass is 32.1. The van der Waals surface area contributed by atoms with Crippen LogP contribution in [0, 0.1) is 0 Å². The van der Waals surface area contributed by atoms with E-state index in [0.29, 0.717) is 23.0 Å². The van der Waals surface area contributed by atoms with Gasteiger partial charge in [-0.1, -0.05) is 48.6 Å². The summed E-state index contributed by atoms with van der Waals surface area (Å²) in [5, 5.41) is 1.62. The number of benzene rings is 2. The molecule has 1 fully saturated rings. The van der Waals surface area contributed by atoms with E-state index in [-0.39, 0.29) is 12.0 Å². The molecule has 0 radical (unpaired) electrons. The van der Waals surface area contributed by atoms with Crippen LogP contribution in [0.3, 0.4) is 0 Å². The standard InChI is InChI=1S/C23H22N2O3S/c1-2-15-8-5-11-20-21(15)24-23(29-20)25(14-17-9-6-12-27-17)22(26)19-13-16-7-3-4-10-18(16)28-19/h3-5,7-8,10-11,13,17H,2,6,9,12,14H2,1H3/t17-/m0/s1. The minimum Gasteiger partial charge on any atom is -0.451 e. The quantitative estimate of drug-likeness (QED) is 0.443. The average Bonchev–Trinajstić information content (AvgIpc) is 3.49. The monoisotopic (exact) mass is 406 g/mol. The van der Waals surface area contributed by atoms with Crippen molar-refractivity contribution in [1.82, 2.24) is 4.98 Å². The van der Waals surface area contributed by atoms with Crippen molar-refractivity contribution >= 4 is 43.6 Å². The normalized spacial score (nSPS) is 16.7. The summed E-state index contributed by atoms with van der Waals surface area (Å²) in [5.74, 6) is 0.160. The number of nitrogens with zero attached hydrogens (tertiary/aromatic N) is 2. The molecule has 1 aliphatic heterocycles. The number of anilines is 1. The van der Waals surface area contributed by atoms with E-state index in [4.69, 9.17) is 14.1 Å². The molecule has 2 aromatic heterocycles. The number of amides is 1. The number of hydrogen-bond acceptors (Lipinski definition) is 5. The molecule has 3 heterocycles. The van der Waals surface area contributed by atoms with Crippen molar-refractivity contribution in [3.05, 3.63) is 59.9 Å². The highest BCUT2D eigenvalue weighted by Crippen LogP contribution is 2.33. The fraction of sp³-hybridized carbons (Fsp3) is 0.304. The van der Waals surface area contributed by atoms with Crippen LogP contribution in [0.25, 0.3) is 21.2 Å². The fourth-order valence-corrected chi connectivity index (χ4v) is 4.88. The second kappa shape index (κ2) is 7.61. The average molecular weight is 407 g/mol. The van der Waals surface area contributed by atoms with Gasteiger partial charge in [0.05, 0.1) is 22.9 Å². The van der Waals surface area contributed by atoms with Crippen LogP contribution in [0.5, 0.6) is 0 Å². The molecule has 0 unspecified atom stereocenters. The third-order valence-corrected chi connectivity index (χ3v) is 6.44. The van der Waals surface area contributed by atoms with E-state index in [1.165, 1.54) is 5.56 Å². The van der Waals surface area contributed by atoms with Crippen LogP contribution in [0.15, 0.2) is 52.9 Å². The maximum absolute atomic E-state index is 13.5. The van der Waals surface area contributed by atoms with Gasteiger partial charge in [-0.3, -0.25) is 9.69 Å². The Morgan fingerprint density at radius 1 is 1.24 bits per heavy atom. The fourth-order valence-electron chi connectivity index (χ4n) is 3.85. The molecule has 29 heavy (non-hydrogen) atoms. The van der Waals surface area contributed by atoms with Gasteiger partial charge in [0.25, 0.3) is 5.91 Å². The van der Waals surface area contributed by atoms with Crippen LogP contribution >= 0.6 is 11.3 Å². The molecule has 1 amide bonds. The van der Waals surface area contributed by atoms with Crippen LogP contribution in [0.2, 0.25) is 0 Å². The molecule has 2 aromatic carbocycles. The van der Waals surface area contributed by atoms with E-state index >= 15 is 0 Å². The number of fused-ring (bicyclic) bond motifs is 2. The largest absolute Gasteiger partial charge is 0.451 e. The van der Waals surface area contributed by atoms with Crippen LogP contribution in [0.1, 0.15) is 35.9 Å². The van der Waals surface area contributed by atoms with E-state index < -0.39 is 0 Å². The van der Waals surface area contributed by atoms with E-state index in [0.717, 1.165) is 41.5 Å². The summed E-state index contributed by atoms with van der Waals surface area (Å²) < 4.78 is 12.8. The Balaban J connectivity index is 1.56. The lowest BCUT2D eigenvalue weighted by Crippen LogP contribution is -2.37. The Hall–Kier alpha value is -2.70. The third kappa shape index (κ3) is 3.43. The molecule has 0 spiro atoms. The highest BCUT2D eigenvalue weighted by Gasteiger charge is 2.29. The predicted octanol–water partition coefficient (Wildman–Crippen LogP) is 5.43. The molecular weight excluding hydrogens is 384 g/mol. The van der Waals surface area contributed by atoms with Gasteiger partial charge in [0.15, 0.2) is 10.9 Å². The zero-order chi connectivity index (χ0) is 19.8. The molecular formula is C23H22N2O3S. The molecule has 4 aromatic rings. The van der Waals surface area contributed by atoms with Crippen molar-refractivity contribution in [3.63, 3.8) is 0 Å². The molecule has 6 heteroatoms. The van der Waals surface area contributed by atoms with E-state index in [1.54, 1.807) is 16.2 Å². The molecule has 5 nitrogen and oxygen atoms in total. The lowest BCUT2D eigenvalue weighted by Gasteiger charge is -2.22. The van der Waals surface area contributed by atoms with Crippen molar-refractivity contribution in [1.29, 1.82) is 0 Å². The number of aromatic nitrogens is 1. The topological polar surface area (TPSA) is 55.6 Å². The van der Waals surface area contributed by atoms with Gasteiger partial charge in [0.2, 0.25) is 0 Å². The zero-order valence-corrected chi connectivity index (χ0v) is 17.1. The maximum Gasteiger partial charge on any atom is 0.295 e. The number of aryl methyl sites for hydroxylation is 1. The summed E-state index contributed by atoms with van der Waals surface area (Å²) in [6.45, 7) is 3.35. The molecule has 0 aliphatic carbocycles. The van der Waals surface area contributed by atoms with E-state index in [9.17, 15) is 4.79 Å². The van der Waals surface area contributed by atoms with Gasteiger partial charge < -0.3 is 9.15 Å². The first kappa shape index (κ1) is 18.3. The Labute approximate surface area is 172 Å². The van der Waals surface area contributed by atoms with Crippen LogP contribution in [-0.2, 0) is 11.2 Å². The third-order valence-electron chi connectivity index (χ3n) is 5.39. The van der Waals surface area contributed by atoms with Gasteiger partial charge in [-0.25, -0.2) is 4.98 Å². The van der Waals surface area contributed by atoms with Gasteiger partial charge in [-0.2, -0.15) is 0 Å². The lowest BCUT2D eigenvalue weighted by atomic mass is 10.1. The van der Waals surface area contributed by atoms with Crippen molar-refractivity contribution in [2.75, 3.05) is 18.1 Å². The minimum atomic E-state index is -0.172. The van der Waals surface area contributed by atoms with Crippen molar-refractivity contribution in [2.24, 2.45) is 0 Å². The summed E-state index contributed by atoms with van der Waals surface area (Å²) in [6.07, 6.45) is 2.91. The Kier molecular flexibility index (Phi) is 4.81. The Morgan fingerprint density at radius 2 is 2.14 bits per heavy atom.